The van der Waals surface area contributed by atoms with Gasteiger partial charge < -0.3 is 5.73 Å². The molecule has 0 heterocycles. The zero-order valence-electron chi connectivity index (χ0n) is 7.96. The van der Waals surface area contributed by atoms with E-state index in [9.17, 15) is 0 Å². The van der Waals surface area contributed by atoms with Gasteiger partial charge in [0.25, 0.3) is 0 Å². The molecule has 66 valence electrons. The van der Waals surface area contributed by atoms with Crippen LogP contribution in [0.1, 0.15) is 13.8 Å². The molecule has 0 saturated carbocycles. The Labute approximate surface area is 74.2 Å². The molecular formula is C10H16N2. The fourth-order valence-electron chi connectivity index (χ4n) is 0.910. The second-order valence-electron chi connectivity index (χ2n) is 2.57. The van der Waals surface area contributed by atoms with E-state index < -0.39 is 0 Å². The Bertz CT molecular complexity index is 241. The number of rotatable bonds is 3. The monoisotopic (exact) mass is 164 g/mol. The van der Waals surface area contributed by atoms with Gasteiger partial charge in [-0.1, -0.05) is 18.7 Å². The van der Waals surface area contributed by atoms with E-state index in [2.05, 4.69) is 11.6 Å². The highest BCUT2D eigenvalue weighted by atomic mass is 14.6. The zero-order chi connectivity index (χ0) is 9.56. The largest absolute Gasteiger partial charge is 0.402 e. The van der Waals surface area contributed by atoms with E-state index in [1.165, 1.54) is 0 Å². The molecule has 0 unspecified atom stereocenters. The molecule has 0 aliphatic rings. The molecule has 0 atom stereocenters. The number of hydrogen-bond donors (Lipinski definition) is 1. The number of allylic oxidation sites excluding steroid dienone is 5. The van der Waals surface area contributed by atoms with Gasteiger partial charge in [-0.3, -0.25) is 4.99 Å². The summed E-state index contributed by atoms with van der Waals surface area (Å²) in [6.07, 6.45) is 5.40. The summed E-state index contributed by atoms with van der Waals surface area (Å²) in [5, 5.41) is 0. The molecule has 0 aromatic rings. The van der Waals surface area contributed by atoms with Gasteiger partial charge in [0.05, 0.1) is 0 Å². The fraction of sp³-hybridized carbons (Fsp3) is 0.300. The van der Waals surface area contributed by atoms with Crippen molar-refractivity contribution in [1.82, 2.24) is 0 Å². The van der Waals surface area contributed by atoms with Gasteiger partial charge >= 0.3 is 0 Å². The fourth-order valence-corrected chi connectivity index (χ4v) is 0.910. The summed E-state index contributed by atoms with van der Waals surface area (Å²) in [6.45, 7) is 7.46. The van der Waals surface area contributed by atoms with Crippen LogP contribution in [0.4, 0.5) is 0 Å². The molecule has 0 aromatic heterocycles. The standard InChI is InChI=1S/C10H16N2/c1-5-6-8(2)10(7-12-4)9(3)11/h5-7H,1,11H2,2-4H3/b8-6-,10-9+,12-7?. The Morgan fingerprint density at radius 1 is 1.42 bits per heavy atom. The van der Waals surface area contributed by atoms with Gasteiger partial charge in [-0.15, -0.1) is 0 Å². The third-order valence-corrected chi connectivity index (χ3v) is 1.48. The van der Waals surface area contributed by atoms with Crippen LogP contribution in [-0.4, -0.2) is 13.3 Å². The number of nitrogens with two attached hydrogens (primary N) is 1. The van der Waals surface area contributed by atoms with Gasteiger partial charge in [0.15, 0.2) is 0 Å². The lowest BCUT2D eigenvalue weighted by Gasteiger charge is -2.02. The Balaban J connectivity index is 4.90. The van der Waals surface area contributed by atoms with Gasteiger partial charge in [0.2, 0.25) is 0 Å². The van der Waals surface area contributed by atoms with E-state index in [1.54, 1.807) is 19.3 Å². The van der Waals surface area contributed by atoms with Crippen molar-refractivity contribution in [3.8, 4) is 0 Å². The van der Waals surface area contributed by atoms with E-state index in [0.717, 1.165) is 16.8 Å². The van der Waals surface area contributed by atoms with Gasteiger partial charge in [0.1, 0.15) is 0 Å². The van der Waals surface area contributed by atoms with Crippen molar-refractivity contribution in [1.29, 1.82) is 0 Å². The molecule has 0 aliphatic heterocycles. The second kappa shape index (κ2) is 5.35. The average Bonchev–Trinajstić information content (AvgIpc) is 1.99. The van der Waals surface area contributed by atoms with Crippen LogP contribution >= 0.6 is 0 Å². The molecule has 0 fully saturated rings. The van der Waals surface area contributed by atoms with Gasteiger partial charge in [-0.05, 0) is 19.4 Å². The molecule has 0 aliphatic carbocycles. The van der Waals surface area contributed by atoms with Crippen LogP contribution in [0.2, 0.25) is 0 Å². The van der Waals surface area contributed by atoms with Crippen LogP contribution in [-0.2, 0) is 0 Å². The first kappa shape index (κ1) is 10.7. The highest BCUT2D eigenvalue weighted by Gasteiger charge is 1.97. The number of hydrogen-bond acceptors (Lipinski definition) is 2. The van der Waals surface area contributed by atoms with E-state index in [4.69, 9.17) is 5.73 Å². The lowest BCUT2D eigenvalue weighted by Crippen LogP contribution is -2.00. The quantitative estimate of drug-likeness (QED) is 0.503. The maximum atomic E-state index is 5.67. The summed E-state index contributed by atoms with van der Waals surface area (Å²) in [5.41, 5.74) is 8.49. The normalized spacial score (nSPS) is 14.8. The summed E-state index contributed by atoms with van der Waals surface area (Å²) < 4.78 is 0. The Hall–Kier alpha value is -1.31. The molecular weight excluding hydrogens is 148 g/mol. The molecule has 2 heteroatoms. The first-order valence-electron chi connectivity index (χ1n) is 3.81. The van der Waals surface area contributed by atoms with Crippen molar-refractivity contribution >= 4 is 6.21 Å². The van der Waals surface area contributed by atoms with Crippen molar-refractivity contribution in [2.24, 2.45) is 10.7 Å². The SMILES string of the molecule is C=C/C=C(C)\C(C=NC)=C(/C)N. The predicted octanol–water partition coefficient (Wildman–Crippen LogP) is 2.05. The van der Waals surface area contributed by atoms with Crippen molar-refractivity contribution in [2.75, 3.05) is 7.05 Å². The van der Waals surface area contributed by atoms with Crippen LogP contribution in [0.3, 0.4) is 0 Å². The van der Waals surface area contributed by atoms with Crippen molar-refractivity contribution < 1.29 is 0 Å². The third kappa shape index (κ3) is 3.19. The summed E-state index contributed by atoms with van der Waals surface area (Å²) in [5.74, 6) is 0. The van der Waals surface area contributed by atoms with E-state index >= 15 is 0 Å². The Kier molecular flexibility index (Phi) is 4.77. The van der Waals surface area contributed by atoms with Crippen molar-refractivity contribution in [3.63, 3.8) is 0 Å². The molecule has 2 nitrogen and oxygen atoms in total. The van der Waals surface area contributed by atoms with E-state index in [1.807, 2.05) is 19.9 Å². The number of nitrogens with zero attached hydrogens (tertiary/aromatic N) is 1. The Morgan fingerprint density at radius 2 is 2.00 bits per heavy atom. The lowest BCUT2D eigenvalue weighted by molar-refractivity contribution is 1.25. The van der Waals surface area contributed by atoms with E-state index in [0.29, 0.717) is 0 Å². The van der Waals surface area contributed by atoms with E-state index in [-0.39, 0.29) is 0 Å². The maximum Gasteiger partial charge on any atom is 0.0301 e. The molecule has 0 radical (unpaired) electrons. The molecule has 0 spiro atoms. The van der Waals surface area contributed by atoms with Gasteiger partial charge in [-0.2, -0.15) is 0 Å². The van der Waals surface area contributed by atoms with Crippen LogP contribution in [0.25, 0.3) is 0 Å². The molecule has 12 heavy (non-hydrogen) atoms. The van der Waals surface area contributed by atoms with Crippen LogP contribution in [0.5, 0.6) is 0 Å². The molecule has 2 N–H and O–H groups in total. The van der Waals surface area contributed by atoms with Crippen molar-refractivity contribution in [3.05, 3.63) is 35.6 Å². The Morgan fingerprint density at radius 3 is 2.33 bits per heavy atom. The average molecular weight is 164 g/mol. The van der Waals surface area contributed by atoms with Crippen molar-refractivity contribution in [2.45, 2.75) is 13.8 Å². The minimum Gasteiger partial charge on any atom is -0.402 e. The highest BCUT2D eigenvalue weighted by Crippen LogP contribution is 2.09. The lowest BCUT2D eigenvalue weighted by atomic mass is 10.1. The molecule has 0 bridgehead atoms. The first-order valence-corrected chi connectivity index (χ1v) is 3.81. The second-order valence-corrected chi connectivity index (χ2v) is 2.57. The topological polar surface area (TPSA) is 38.4 Å². The summed E-state index contributed by atoms with van der Waals surface area (Å²) in [4.78, 5) is 3.92. The van der Waals surface area contributed by atoms with Crippen LogP contribution in [0, 0.1) is 0 Å². The highest BCUT2D eigenvalue weighted by molar-refractivity contribution is 5.85. The smallest absolute Gasteiger partial charge is 0.0301 e. The summed E-state index contributed by atoms with van der Waals surface area (Å²) >= 11 is 0. The summed E-state index contributed by atoms with van der Waals surface area (Å²) in [6, 6.07) is 0. The molecule has 0 amide bonds. The predicted molar refractivity (Wildman–Crippen MR) is 55.3 cm³/mol. The maximum absolute atomic E-state index is 5.67. The molecule has 0 rings (SSSR count). The minimum absolute atomic E-state index is 0.774. The van der Waals surface area contributed by atoms with Crippen LogP contribution in [0.15, 0.2) is 40.6 Å². The van der Waals surface area contributed by atoms with Crippen LogP contribution < -0.4 is 5.73 Å². The first-order chi connectivity index (χ1) is 5.63. The summed E-state index contributed by atoms with van der Waals surface area (Å²) in [7, 11) is 1.73. The third-order valence-electron chi connectivity index (χ3n) is 1.48. The zero-order valence-corrected chi connectivity index (χ0v) is 7.96. The molecule has 0 saturated heterocycles. The minimum atomic E-state index is 0.774. The van der Waals surface area contributed by atoms with Gasteiger partial charge in [0, 0.05) is 24.5 Å². The number of aliphatic imine (C=N–C) groups is 1. The molecule has 0 aromatic carbocycles. The van der Waals surface area contributed by atoms with Gasteiger partial charge in [-0.25, -0.2) is 0 Å².